The lowest BCUT2D eigenvalue weighted by Gasteiger charge is -2.36. The van der Waals surface area contributed by atoms with E-state index >= 15 is 0 Å². The summed E-state index contributed by atoms with van der Waals surface area (Å²) in [6, 6.07) is -0.596. The highest BCUT2D eigenvalue weighted by atomic mass is 19.4. The maximum Gasteiger partial charge on any atom is 0.471 e. The van der Waals surface area contributed by atoms with Gasteiger partial charge in [0.1, 0.15) is 41.4 Å². The van der Waals surface area contributed by atoms with Crippen molar-refractivity contribution in [3.63, 3.8) is 0 Å². The van der Waals surface area contributed by atoms with Gasteiger partial charge < -0.3 is 30.9 Å². The van der Waals surface area contributed by atoms with Gasteiger partial charge in [-0.1, -0.05) is 25.7 Å². The van der Waals surface area contributed by atoms with Crippen molar-refractivity contribution in [1.29, 1.82) is 5.26 Å². The van der Waals surface area contributed by atoms with E-state index in [-0.39, 0.29) is 41.7 Å². The number of benzene rings is 1. The zero-order valence-electron chi connectivity index (χ0n) is 23.6. The fraction of sp³-hybridized carbons (Fsp3) is 0.571. The number of hydrogen-bond acceptors (Lipinski definition) is 7. The first-order valence-corrected chi connectivity index (χ1v) is 14.1. The number of rotatable bonds is 9. The third-order valence-corrected chi connectivity index (χ3v) is 8.56. The number of nitrogens with two attached hydrogens (primary N) is 1. The topological polar surface area (TPSA) is 175 Å². The number of hydrogen-bond donors (Lipinski definition) is 3. The minimum atomic E-state index is -5.22. The van der Waals surface area contributed by atoms with Crippen molar-refractivity contribution in [3.05, 3.63) is 23.5 Å². The van der Waals surface area contributed by atoms with Crippen molar-refractivity contribution in [1.82, 2.24) is 15.1 Å². The molecule has 1 aromatic carbocycles. The van der Waals surface area contributed by atoms with Gasteiger partial charge in [-0.3, -0.25) is 24.0 Å². The van der Waals surface area contributed by atoms with Crippen LogP contribution in [0.2, 0.25) is 0 Å². The normalized spacial score (nSPS) is 24.0. The molecule has 4 aliphatic rings. The fourth-order valence-electron chi connectivity index (χ4n) is 5.79. The Balaban J connectivity index is 1.42. The van der Waals surface area contributed by atoms with E-state index in [0.717, 1.165) is 34.8 Å². The van der Waals surface area contributed by atoms with Crippen LogP contribution in [-0.4, -0.2) is 82.8 Å². The van der Waals surface area contributed by atoms with Gasteiger partial charge in [0.15, 0.2) is 0 Å². The van der Waals surface area contributed by atoms with Gasteiger partial charge in [0.25, 0.3) is 5.91 Å². The molecule has 0 aromatic heterocycles. The summed E-state index contributed by atoms with van der Waals surface area (Å²) in [5, 5.41) is 13.6. The standard InChI is InChI=1S/C28H30F4N6O6/c1-37(23(40)17(6-13-2-3-13)35-26(43)28(30,31)32)18(7-14-4-5-14)24(41)38-12-27(10-19(38)22(34)39)25(42)36-21-15(11-33)8-16(29)9-20(21)44-27/h8-9,13-14,17-19H,2-7,10,12H2,1H3,(H2,34,39)(H,35,43)(H,36,42)/t17-,18?,19-,27+/m0/s1. The van der Waals surface area contributed by atoms with E-state index in [1.54, 1.807) is 11.4 Å². The molecule has 1 spiro atoms. The Bertz CT molecular complexity index is 1450. The molecule has 2 aliphatic heterocycles. The summed E-state index contributed by atoms with van der Waals surface area (Å²) < 4.78 is 59.3. The molecule has 0 bridgehead atoms. The van der Waals surface area contributed by atoms with Crippen LogP contribution < -0.4 is 21.1 Å². The van der Waals surface area contributed by atoms with Crippen LogP contribution in [0.1, 0.15) is 50.5 Å². The molecule has 5 amide bonds. The third kappa shape index (κ3) is 6.13. The van der Waals surface area contributed by atoms with Crippen LogP contribution in [0, 0.1) is 29.0 Å². The van der Waals surface area contributed by atoms with Crippen LogP contribution in [0.15, 0.2) is 12.1 Å². The van der Waals surface area contributed by atoms with Gasteiger partial charge >= 0.3 is 12.1 Å². The molecule has 0 radical (unpaired) electrons. The van der Waals surface area contributed by atoms with Crippen LogP contribution in [0.4, 0.5) is 23.2 Å². The zero-order chi connectivity index (χ0) is 32.1. The smallest absolute Gasteiger partial charge is 0.471 e. The van der Waals surface area contributed by atoms with E-state index in [0.29, 0.717) is 12.8 Å². The van der Waals surface area contributed by atoms with E-state index in [1.165, 1.54) is 7.05 Å². The van der Waals surface area contributed by atoms with E-state index in [1.807, 2.05) is 0 Å². The molecule has 4 atom stereocenters. The first-order chi connectivity index (χ1) is 20.6. The van der Waals surface area contributed by atoms with Gasteiger partial charge in [0.2, 0.25) is 23.3 Å². The van der Waals surface area contributed by atoms with Crippen LogP contribution in [0.25, 0.3) is 0 Å². The number of nitriles is 1. The molecule has 1 aromatic rings. The summed E-state index contributed by atoms with van der Waals surface area (Å²) in [6.45, 7) is -0.525. The molecule has 16 heteroatoms. The molecule has 2 aliphatic carbocycles. The lowest BCUT2D eigenvalue weighted by Crippen LogP contribution is -2.58. The Morgan fingerprint density at radius 2 is 1.84 bits per heavy atom. The van der Waals surface area contributed by atoms with Crippen LogP contribution >= 0.6 is 0 Å². The van der Waals surface area contributed by atoms with E-state index < -0.39 is 78.2 Å². The predicted octanol–water partition coefficient (Wildman–Crippen LogP) is 1.33. The minimum absolute atomic E-state index is 0.0166. The lowest BCUT2D eigenvalue weighted by atomic mass is 9.95. The minimum Gasteiger partial charge on any atom is -0.473 e. The van der Waals surface area contributed by atoms with Crippen molar-refractivity contribution in [3.8, 4) is 11.8 Å². The predicted molar refractivity (Wildman–Crippen MR) is 142 cm³/mol. The molecule has 5 rings (SSSR count). The van der Waals surface area contributed by atoms with Crippen LogP contribution in [0.5, 0.6) is 5.75 Å². The highest BCUT2D eigenvalue weighted by Gasteiger charge is 2.58. The zero-order valence-corrected chi connectivity index (χ0v) is 23.6. The fourth-order valence-corrected chi connectivity index (χ4v) is 5.79. The number of anilines is 1. The number of amides is 5. The number of nitrogens with zero attached hydrogens (tertiary/aromatic N) is 3. The number of carbonyl (C=O) groups excluding carboxylic acids is 5. The molecular weight excluding hydrogens is 592 g/mol. The average molecular weight is 623 g/mol. The molecule has 44 heavy (non-hydrogen) atoms. The van der Waals surface area contributed by atoms with Crippen LogP contribution in [-0.2, 0) is 24.0 Å². The van der Waals surface area contributed by atoms with Crippen molar-refractivity contribution in [2.45, 2.75) is 74.8 Å². The number of fused-ring (bicyclic) bond motifs is 1. The van der Waals surface area contributed by atoms with Gasteiger partial charge in [-0.25, -0.2) is 4.39 Å². The highest BCUT2D eigenvalue weighted by molar-refractivity contribution is 6.04. The number of carbonyl (C=O) groups is 5. The van der Waals surface area contributed by atoms with Gasteiger partial charge in [-0.05, 0) is 30.7 Å². The number of ether oxygens (including phenoxy) is 1. The van der Waals surface area contributed by atoms with Crippen LogP contribution in [0.3, 0.4) is 0 Å². The summed E-state index contributed by atoms with van der Waals surface area (Å²) in [7, 11) is 1.24. The molecule has 2 heterocycles. The van der Waals surface area contributed by atoms with Crippen molar-refractivity contribution in [2.75, 3.05) is 18.9 Å². The second kappa shape index (κ2) is 11.3. The second-order valence-corrected chi connectivity index (χ2v) is 11.9. The maximum atomic E-state index is 14.2. The molecule has 4 N–H and O–H groups in total. The number of primary amides is 1. The van der Waals surface area contributed by atoms with Gasteiger partial charge in [0.05, 0.1) is 12.1 Å². The third-order valence-electron chi connectivity index (χ3n) is 8.56. The van der Waals surface area contributed by atoms with Gasteiger partial charge in [0, 0.05) is 19.5 Å². The quantitative estimate of drug-likeness (QED) is 0.348. The molecule has 3 fully saturated rings. The summed E-state index contributed by atoms with van der Waals surface area (Å²) in [5.41, 5.74) is 3.44. The summed E-state index contributed by atoms with van der Waals surface area (Å²) >= 11 is 0. The SMILES string of the molecule is CN(C(=O)[C@H](CC1CC1)NC(=O)C(F)(F)F)C(CC1CC1)C(=O)N1C[C@@]2(C[C@H]1C(N)=O)Oc1cc(F)cc(C#N)c1NC2=O. The monoisotopic (exact) mass is 622 g/mol. The Morgan fingerprint density at radius 1 is 1.20 bits per heavy atom. The molecule has 2 saturated carbocycles. The largest absolute Gasteiger partial charge is 0.473 e. The Labute approximate surface area is 248 Å². The number of likely N-dealkylation sites (tertiary alicyclic amines) is 1. The van der Waals surface area contributed by atoms with E-state index in [4.69, 9.17) is 10.5 Å². The number of alkyl halides is 3. The second-order valence-electron chi connectivity index (χ2n) is 11.9. The molecule has 236 valence electrons. The molecular formula is C28H30F4N6O6. The maximum absolute atomic E-state index is 14.2. The van der Waals surface area contributed by atoms with E-state index in [9.17, 15) is 46.8 Å². The Hall–Kier alpha value is -4.42. The average Bonchev–Trinajstić information content (AvgIpc) is 3.89. The Kier molecular flexibility index (Phi) is 7.93. The van der Waals surface area contributed by atoms with Crippen molar-refractivity contribution < 1.29 is 46.3 Å². The van der Waals surface area contributed by atoms with Gasteiger partial charge in [-0.15, -0.1) is 0 Å². The highest BCUT2D eigenvalue weighted by Crippen LogP contribution is 2.43. The first kappa shape index (κ1) is 31.0. The summed E-state index contributed by atoms with van der Waals surface area (Å²) in [4.78, 5) is 67.3. The van der Waals surface area contributed by atoms with Crippen molar-refractivity contribution in [2.24, 2.45) is 17.6 Å². The molecule has 1 unspecified atom stereocenters. The number of halogens is 4. The van der Waals surface area contributed by atoms with E-state index in [2.05, 4.69) is 5.32 Å². The summed E-state index contributed by atoms with van der Waals surface area (Å²) in [5.74, 6) is -6.83. The van der Waals surface area contributed by atoms with Crippen molar-refractivity contribution >= 4 is 35.2 Å². The summed E-state index contributed by atoms with van der Waals surface area (Å²) in [6.07, 6.45) is -2.73. The first-order valence-electron chi connectivity index (χ1n) is 14.1. The number of likely N-dealkylation sites (N-methyl/N-ethyl adjacent to an activating group) is 1. The lowest BCUT2D eigenvalue weighted by molar-refractivity contribution is -0.175. The number of nitrogens with one attached hydrogen (secondary N) is 2. The molecule has 12 nitrogen and oxygen atoms in total. The van der Waals surface area contributed by atoms with Gasteiger partial charge in [-0.2, -0.15) is 18.4 Å². The Morgan fingerprint density at radius 3 is 2.41 bits per heavy atom. The molecule has 1 saturated heterocycles.